The third-order valence-corrected chi connectivity index (χ3v) is 3.06. The van der Waals surface area contributed by atoms with Gasteiger partial charge in [-0.3, -0.25) is 9.20 Å². The van der Waals surface area contributed by atoms with E-state index in [1.165, 1.54) is 0 Å². The number of carbonyl (C=O) groups is 1. The number of nitrogens with zero attached hydrogens (tertiary/aromatic N) is 3. The maximum absolute atomic E-state index is 12.8. The number of carbonyl (C=O) groups excluding carboxylic acids is 1. The molecule has 0 saturated carbocycles. The molecule has 0 bridgehead atoms. The highest BCUT2D eigenvalue weighted by molar-refractivity contribution is 6.33. The lowest BCUT2D eigenvalue weighted by Crippen LogP contribution is -2.23. The number of amides is 1. The number of nitrogens with one attached hydrogen (secondary N) is 1. The van der Waals surface area contributed by atoms with Gasteiger partial charge in [-0.05, 0) is 12.5 Å². The summed E-state index contributed by atoms with van der Waals surface area (Å²) < 4.78 is 39.4. The number of fused-ring (bicyclic) bond motifs is 1. The molecule has 0 spiro atoms. The molecule has 2 rings (SSSR count). The maximum atomic E-state index is 12.8. The Kier molecular flexibility index (Phi) is 4.36. The largest absolute Gasteiger partial charge is 0.417 e. The molecule has 0 aliphatic heterocycles. The zero-order valence-corrected chi connectivity index (χ0v) is 11.8. The zero-order valence-electron chi connectivity index (χ0n) is 11.0. The molecular weight excluding hydrogens is 309 g/mol. The topological polar surface area (TPSA) is 59.3 Å². The Balaban J connectivity index is 2.33. The molecule has 114 valence electrons. The van der Waals surface area contributed by atoms with Crippen LogP contribution < -0.4 is 5.32 Å². The molecule has 0 aromatic carbocycles. The monoisotopic (exact) mass is 320 g/mol. The molecule has 1 amide bonds. The molecule has 1 N–H and O–H groups in total. The second kappa shape index (κ2) is 5.88. The van der Waals surface area contributed by atoms with Gasteiger partial charge >= 0.3 is 6.18 Å². The Bertz CT molecular complexity index is 668. The summed E-state index contributed by atoms with van der Waals surface area (Å²) in [4.78, 5) is 11.4. The zero-order chi connectivity index (χ0) is 15.6. The smallest absolute Gasteiger partial charge is 0.349 e. The molecule has 0 aliphatic carbocycles. The normalized spacial score (nSPS) is 11.9. The molecule has 0 radical (unpaired) electrons. The average Bonchev–Trinajstić information content (AvgIpc) is 2.79. The molecule has 0 atom stereocenters. The van der Waals surface area contributed by atoms with Crippen molar-refractivity contribution in [3.8, 4) is 0 Å². The van der Waals surface area contributed by atoms with Crippen molar-refractivity contribution >= 4 is 23.2 Å². The SMILES string of the molecule is CCCC(=O)NCc1nnc2c(Cl)cc(C(F)(F)F)cn12. The van der Waals surface area contributed by atoms with Crippen LogP contribution in [0.2, 0.25) is 5.02 Å². The van der Waals surface area contributed by atoms with Gasteiger partial charge in [0, 0.05) is 12.6 Å². The van der Waals surface area contributed by atoms with Crippen molar-refractivity contribution in [3.63, 3.8) is 0 Å². The van der Waals surface area contributed by atoms with Crippen LogP contribution in [0.5, 0.6) is 0 Å². The molecule has 5 nitrogen and oxygen atoms in total. The highest BCUT2D eigenvalue weighted by atomic mass is 35.5. The van der Waals surface area contributed by atoms with Crippen LogP contribution >= 0.6 is 11.6 Å². The number of aromatic nitrogens is 3. The van der Waals surface area contributed by atoms with Crippen LogP contribution in [-0.2, 0) is 17.5 Å². The summed E-state index contributed by atoms with van der Waals surface area (Å²) in [5.74, 6) is -0.0187. The fourth-order valence-electron chi connectivity index (χ4n) is 1.77. The van der Waals surface area contributed by atoms with Gasteiger partial charge in [0.2, 0.25) is 5.91 Å². The van der Waals surface area contributed by atoms with Crippen molar-refractivity contribution in [2.75, 3.05) is 0 Å². The van der Waals surface area contributed by atoms with Crippen molar-refractivity contribution in [3.05, 3.63) is 28.7 Å². The Hall–Kier alpha value is -1.83. The van der Waals surface area contributed by atoms with Crippen LogP contribution in [0.15, 0.2) is 12.3 Å². The van der Waals surface area contributed by atoms with Gasteiger partial charge in [0.15, 0.2) is 11.5 Å². The fourth-order valence-corrected chi connectivity index (χ4v) is 2.01. The van der Waals surface area contributed by atoms with Gasteiger partial charge in [-0.1, -0.05) is 18.5 Å². The first-order valence-corrected chi connectivity index (χ1v) is 6.57. The minimum Gasteiger partial charge on any atom is -0.349 e. The molecule has 2 heterocycles. The van der Waals surface area contributed by atoms with E-state index in [9.17, 15) is 18.0 Å². The number of alkyl halides is 3. The van der Waals surface area contributed by atoms with E-state index >= 15 is 0 Å². The molecule has 9 heteroatoms. The molecule has 0 saturated heterocycles. The van der Waals surface area contributed by atoms with Gasteiger partial charge in [-0.15, -0.1) is 10.2 Å². The van der Waals surface area contributed by atoms with E-state index in [-0.39, 0.29) is 28.9 Å². The fraction of sp³-hybridized carbons (Fsp3) is 0.417. The summed E-state index contributed by atoms with van der Waals surface area (Å²) in [5, 5.41) is 9.91. The van der Waals surface area contributed by atoms with Crippen molar-refractivity contribution in [2.24, 2.45) is 0 Å². The van der Waals surface area contributed by atoms with Crippen LogP contribution in [-0.4, -0.2) is 20.5 Å². The molecule has 21 heavy (non-hydrogen) atoms. The van der Waals surface area contributed by atoms with Crippen LogP contribution in [0.4, 0.5) is 13.2 Å². The van der Waals surface area contributed by atoms with Gasteiger partial charge in [0.25, 0.3) is 0 Å². The Labute approximate surface area is 123 Å². The molecular formula is C12H12ClF3N4O. The van der Waals surface area contributed by atoms with Gasteiger partial charge in [-0.25, -0.2) is 0 Å². The van der Waals surface area contributed by atoms with E-state index in [2.05, 4.69) is 15.5 Å². The van der Waals surface area contributed by atoms with E-state index in [1.54, 1.807) is 0 Å². The molecule has 2 aromatic heterocycles. The molecule has 2 aromatic rings. The molecule has 0 aliphatic rings. The number of halogens is 4. The average molecular weight is 321 g/mol. The minimum absolute atomic E-state index is 0.0162. The van der Waals surface area contributed by atoms with E-state index in [0.29, 0.717) is 12.8 Å². The summed E-state index contributed by atoms with van der Waals surface area (Å²) >= 11 is 5.78. The standard InChI is InChI=1S/C12H12ClF3N4O/c1-2-3-10(21)17-5-9-18-19-11-8(13)4-7(6-20(9)11)12(14,15)16/h4,6H,2-3,5H2,1H3,(H,17,21). The maximum Gasteiger partial charge on any atom is 0.417 e. The summed E-state index contributed by atoms with van der Waals surface area (Å²) in [6.07, 6.45) is -2.64. The lowest BCUT2D eigenvalue weighted by molar-refractivity contribution is -0.137. The summed E-state index contributed by atoms with van der Waals surface area (Å²) in [5.41, 5.74) is -0.787. The Morgan fingerprint density at radius 1 is 1.43 bits per heavy atom. The van der Waals surface area contributed by atoms with Crippen molar-refractivity contribution in [1.29, 1.82) is 0 Å². The Morgan fingerprint density at radius 3 is 2.76 bits per heavy atom. The van der Waals surface area contributed by atoms with Crippen molar-refractivity contribution in [2.45, 2.75) is 32.5 Å². The van der Waals surface area contributed by atoms with Crippen LogP contribution in [0.25, 0.3) is 5.65 Å². The van der Waals surface area contributed by atoms with Crippen molar-refractivity contribution < 1.29 is 18.0 Å². The number of hydrogen-bond donors (Lipinski definition) is 1. The van der Waals surface area contributed by atoms with Crippen LogP contribution in [0.3, 0.4) is 0 Å². The van der Waals surface area contributed by atoms with E-state index < -0.39 is 11.7 Å². The number of hydrogen-bond acceptors (Lipinski definition) is 3. The van der Waals surface area contributed by atoms with Gasteiger partial charge in [0.05, 0.1) is 17.1 Å². The van der Waals surface area contributed by atoms with E-state index in [0.717, 1.165) is 16.7 Å². The highest BCUT2D eigenvalue weighted by Gasteiger charge is 2.32. The number of pyridine rings is 1. The third kappa shape index (κ3) is 3.44. The Morgan fingerprint density at radius 2 is 2.14 bits per heavy atom. The summed E-state index contributed by atoms with van der Waals surface area (Å²) in [6, 6.07) is 0.797. The highest BCUT2D eigenvalue weighted by Crippen LogP contribution is 2.32. The molecule has 0 unspecified atom stereocenters. The van der Waals surface area contributed by atoms with Gasteiger partial charge < -0.3 is 5.32 Å². The van der Waals surface area contributed by atoms with Gasteiger partial charge in [-0.2, -0.15) is 13.2 Å². The summed E-state index contributed by atoms with van der Waals surface area (Å²) in [6.45, 7) is 1.83. The third-order valence-electron chi connectivity index (χ3n) is 2.78. The number of rotatable bonds is 4. The van der Waals surface area contributed by atoms with Gasteiger partial charge in [0.1, 0.15) is 0 Å². The molecule has 0 fully saturated rings. The second-order valence-electron chi connectivity index (χ2n) is 4.41. The minimum atomic E-state index is -4.52. The van der Waals surface area contributed by atoms with Crippen LogP contribution in [0.1, 0.15) is 31.2 Å². The van der Waals surface area contributed by atoms with Crippen LogP contribution in [0, 0.1) is 0 Å². The predicted molar refractivity (Wildman–Crippen MR) is 69.8 cm³/mol. The van der Waals surface area contributed by atoms with E-state index in [1.807, 2.05) is 6.92 Å². The second-order valence-corrected chi connectivity index (χ2v) is 4.82. The van der Waals surface area contributed by atoms with E-state index in [4.69, 9.17) is 11.6 Å². The lowest BCUT2D eigenvalue weighted by Gasteiger charge is -2.09. The predicted octanol–water partition coefficient (Wildman–Crippen LogP) is 2.82. The summed E-state index contributed by atoms with van der Waals surface area (Å²) in [7, 11) is 0. The lowest BCUT2D eigenvalue weighted by atomic mass is 10.2. The first-order valence-electron chi connectivity index (χ1n) is 6.20. The quantitative estimate of drug-likeness (QED) is 0.942. The van der Waals surface area contributed by atoms with Crippen molar-refractivity contribution in [1.82, 2.24) is 19.9 Å². The first kappa shape index (κ1) is 15.6. The first-order chi connectivity index (χ1) is 9.82.